The van der Waals surface area contributed by atoms with Gasteiger partial charge in [0.25, 0.3) is 11.5 Å². The van der Waals surface area contributed by atoms with Gasteiger partial charge in [0.2, 0.25) is 0 Å². The molecule has 0 saturated heterocycles. The van der Waals surface area contributed by atoms with E-state index in [0.717, 1.165) is 5.56 Å². The second kappa shape index (κ2) is 6.01. The first-order chi connectivity index (χ1) is 12.1. The largest absolute Gasteiger partial charge is 0.459 e. The van der Waals surface area contributed by atoms with Gasteiger partial charge in [0.1, 0.15) is 5.69 Å². The van der Waals surface area contributed by atoms with E-state index in [2.05, 4.69) is 15.0 Å². The van der Waals surface area contributed by atoms with Crippen molar-refractivity contribution < 1.29 is 9.21 Å². The lowest BCUT2D eigenvalue weighted by molar-refractivity contribution is 0.0698. The van der Waals surface area contributed by atoms with Gasteiger partial charge in [-0.25, -0.2) is 4.98 Å². The Kier molecular flexibility index (Phi) is 3.68. The average molecular weight is 336 g/mol. The number of carbonyl (C=O) groups excluding carboxylic acids is 1. The van der Waals surface area contributed by atoms with Gasteiger partial charge in [-0.1, -0.05) is 6.07 Å². The van der Waals surface area contributed by atoms with E-state index in [0.29, 0.717) is 41.5 Å². The van der Waals surface area contributed by atoms with Gasteiger partial charge in [0.15, 0.2) is 11.6 Å². The molecule has 0 bridgehead atoms. The number of amides is 1. The number of carbonyl (C=O) groups is 1. The number of pyridine rings is 1. The molecule has 4 rings (SSSR count). The fraction of sp³-hybridized carbons (Fsp3) is 0.222. The molecule has 7 nitrogen and oxygen atoms in total. The Morgan fingerprint density at radius 1 is 1.32 bits per heavy atom. The van der Waals surface area contributed by atoms with Gasteiger partial charge in [0, 0.05) is 23.9 Å². The molecule has 0 unspecified atom stereocenters. The Balaban J connectivity index is 1.68. The summed E-state index contributed by atoms with van der Waals surface area (Å²) in [6, 6.07) is 7.17. The molecular formula is C18H16N4O3. The average Bonchev–Trinajstić information content (AvgIpc) is 3.07. The summed E-state index contributed by atoms with van der Waals surface area (Å²) in [5, 5.41) is 0. The topological polar surface area (TPSA) is 92.1 Å². The zero-order valence-corrected chi connectivity index (χ0v) is 13.7. The number of aromatic amines is 1. The van der Waals surface area contributed by atoms with Crippen LogP contribution in [0.2, 0.25) is 0 Å². The van der Waals surface area contributed by atoms with Gasteiger partial charge in [-0.05, 0) is 31.5 Å². The van der Waals surface area contributed by atoms with Gasteiger partial charge in [-0.3, -0.25) is 14.6 Å². The lowest BCUT2D eigenvalue weighted by Gasteiger charge is -2.27. The minimum Gasteiger partial charge on any atom is -0.459 e. The third-order valence-electron chi connectivity index (χ3n) is 4.32. The molecular weight excluding hydrogens is 320 g/mol. The summed E-state index contributed by atoms with van der Waals surface area (Å²) >= 11 is 0. The summed E-state index contributed by atoms with van der Waals surface area (Å²) < 4.78 is 5.29. The molecule has 1 aliphatic rings. The van der Waals surface area contributed by atoms with E-state index in [9.17, 15) is 9.59 Å². The van der Waals surface area contributed by atoms with Gasteiger partial charge in [-0.2, -0.15) is 0 Å². The second-order valence-corrected chi connectivity index (χ2v) is 5.96. The van der Waals surface area contributed by atoms with Crippen LogP contribution in [0.25, 0.3) is 11.5 Å². The number of aromatic nitrogens is 3. The van der Waals surface area contributed by atoms with Crippen LogP contribution in [0.1, 0.15) is 27.4 Å². The molecule has 1 amide bonds. The molecule has 3 aromatic rings. The van der Waals surface area contributed by atoms with Gasteiger partial charge in [0.05, 0.1) is 18.5 Å². The Bertz CT molecular complexity index is 991. The van der Waals surface area contributed by atoms with Crippen LogP contribution in [0.5, 0.6) is 0 Å². The Morgan fingerprint density at radius 3 is 2.92 bits per heavy atom. The van der Waals surface area contributed by atoms with Crippen LogP contribution < -0.4 is 5.56 Å². The van der Waals surface area contributed by atoms with Crippen molar-refractivity contribution in [3.63, 3.8) is 0 Å². The third-order valence-corrected chi connectivity index (χ3v) is 4.32. The van der Waals surface area contributed by atoms with Gasteiger partial charge in [-0.15, -0.1) is 0 Å². The van der Waals surface area contributed by atoms with Crippen LogP contribution in [-0.4, -0.2) is 32.3 Å². The number of H-pyrrole nitrogens is 1. The SMILES string of the molecule is Cc1ccoc1C(=O)N1CCc2c(nc(-c3ccccn3)[nH]c2=O)C1. The predicted molar refractivity (Wildman–Crippen MR) is 90.0 cm³/mol. The predicted octanol–water partition coefficient (Wildman–Crippen LogP) is 1.93. The molecule has 7 heteroatoms. The van der Waals surface area contributed by atoms with Crippen molar-refractivity contribution in [2.75, 3.05) is 6.54 Å². The van der Waals surface area contributed by atoms with Crippen molar-refractivity contribution in [1.29, 1.82) is 0 Å². The zero-order valence-electron chi connectivity index (χ0n) is 13.7. The summed E-state index contributed by atoms with van der Waals surface area (Å²) in [5.74, 6) is 0.556. The van der Waals surface area contributed by atoms with Crippen molar-refractivity contribution in [3.8, 4) is 11.5 Å². The maximum absolute atomic E-state index is 12.6. The Labute approximate surface area is 143 Å². The molecule has 3 aromatic heterocycles. The van der Waals surface area contributed by atoms with Crippen molar-refractivity contribution >= 4 is 5.91 Å². The molecule has 0 saturated carbocycles. The van der Waals surface area contributed by atoms with Crippen molar-refractivity contribution in [2.45, 2.75) is 19.9 Å². The van der Waals surface area contributed by atoms with Crippen LogP contribution in [0.3, 0.4) is 0 Å². The molecule has 0 atom stereocenters. The van der Waals surface area contributed by atoms with E-state index in [-0.39, 0.29) is 18.0 Å². The monoisotopic (exact) mass is 336 g/mol. The van der Waals surface area contributed by atoms with Crippen LogP contribution in [0.15, 0.2) is 45.9 Å². The fourth-order valence-corrected chi connectivity index (χ4v) is 2.97. The van der Waals surface area contributed by atoms with Gasteiger partial charge >= 0.3 is 0 Å². The number of fused-ring (bicyclic) bond motifs is 1. The number of hydrogen-bond donors (Lipinski definition) is 1. The first-order valence-electron chi connectivity index (χ1n) is 8.00. The third kappa shape index (κ3) is 2.73. The molecule has 0 radical (unpaired) electrons. The van der Waals surface area contributed by atoms with E-state index in [1.807, 2.05) is 13.0 Å². The molecule has 0 aliphatic carbocycles. The highest BCUT2D eigenvalue weighted by Crippen LogP contribution is 2.20. The molecule has 25 heavy (non-hydrogen) atoms. The van der Waals surface area contributed by atoms with Crippen LogP contribution in [0, 0.1) is 6.92 Å². The van der Waals surface area contributed by atoms with E-state index < -0.39 is 0 Å². The summed E-state index contributed by atoms with van der Waals surface area (Å²) in [5.41, 5.74) is 2.44. The number of furan rings is 1. The lowest BCUT2D eigenvalue weighted by atomic mass is 10.1. The van der Waals surface area contributed by atoms with E-state index in [1.54, 1.807) is 29.3 Å². The first-order valence-corrected chi connectivity index (χ1v) is 8.00. The van der Waals surface area contributed by atoms with E-state index >= 15 is 0 Å². The zero-order chi connectivity index (χ0) is 17.4. The molecule has 4 heterocycles. The summed E-state index contributed by atoms with van der Waals surface area (Å²) in [7, 11) is 0. The van der Waals surface area contributed by atoms with Crippen LogP contribution in [0.4, 0.5) is 0 Å². The van der Waals surface area contributed by atoms with Crippen molar-refractivity contribution in [3.05, 3.63) is 69.7 Å². The number of nitrogens with zero attached hydrogens (tertiary/aromatic N) is 3. The highest BCUT2D eigenvalue weighted by atomic mass is 16.3. The van der Waals surface area contributed by atoms with Crippen molar-refractivity contribution in [2.24, 2.45) is 0 Å². The summed E-state index contributed by atoms with van der Waals surface area (Å²) in [6.45, 7) is 2.56. The maximum atomic E-state index is 12.6. The van der Waals surface area contributed by atoms with E-state index in [4.69, 9.17) is 4.42 Å². The first kappa shape index (κ1) is 15.3. The van der Waals surface area contributed by atoms with Crippen LogP contribution in [-0.2, 0) is 13.0 Å². The normalized spacial score (nSPS) is 13.6. The number of hydrogen-bond acceptors (Lipinski definition) is 5. The lowest BCUT2D eigenvalue weighted by Crippen LogP contribution is -2.39. The number of aryl methyl sites for hydroxylation is 1. The van der Waals surface area contributed by atoms with Gasteiger partial charge < -0.3 is 14.3 Å². The minimum absolute atomic E-state index is 0.174. The van der Waals surface area contributed by atoms with Crippen molar-refractivity contribution in [1.82, 2.24) is 19.9 Å². The molecule has 1 aliphatic heterocycles. The molecule has 0 spiro atoms. The number of nitrogens with one attached hydrogen (secondary N) is 1. The molecule has 0 aromatic carbocycles. The smallest absolute Gasteiger partial charge is 0.290 e. The summed E-state index contributed by atoms with van der Waals surface area (Å²) in [4.78, 5) is 38.2. The molecule has 126 valence electrons. The minimum atomic E-state index is -0.186. The molecule has 1 N–H and O–H groups in total. The fourth-order valence-electron chi connectivity index (χ4n) is 2.97. The highest BCUT2D eigenvalue weighted by Gasteiger charge is 2.27. The quantitative estimate of drug-likeness (QED) is 0.772. The Hall–Kier alpha value is -3.22. The summed E-state index contributed by atoms with van der Waals surface area (Å²) in [6.07, 6.45) is 3.61. The Morgan fingerprint density at radius 2 is 2.20 bits per heavy atom. The second-order valence-electron chi connectivity index (χ2n) is 5.96. The maximum Gasteiger partial charge on any atom is 0.290 e. The highest BCUT2D eigenvalue weighted by molar-refractivity contribution is 5.93. The molecule has 0 fully saturated rings. The van der Waals surface area contributed by atoms with E-state index in [1.165, 1.54) is 6.26 Å². The van der Waals surface area contributed by atoms with Crippen LogP contribution >= 0.6 is 0 Å². The standard InChI is InChI=1S/C18H16N4O3/c1-11-6-9-25-15(11)18(24)22-8-5-12-14(10-22)20-16(21-17(12)23)13-4-2-3-7-19-13/h2-4,6-7,9H,5,8,10H2,1H3,(H,20,21,23). The number of rotatable bonds is 2.